The van der Waals surface area contributed by atoms with Gasteiger partial charge in [0.2, 0.25) is 0 Å². The zero-order valence-corrected chi connectivity index (χ0v) is 18.3. The molecule has 0 N–H and O–H groups in total. The van der Waals surface area contributed by atoms with Gasteiger partial charge in [0.25, 0.3) is 5.91 Å². The van der Waals surface area contributed by atoms with Crippen LogP contribution in [0.15, 0.2) is 53.6 Å². The number of carbonyl (C=O) groups excluding carboxylic acids is 1. The molecule has 2 aromatic rings. The molecule has 164 valence electrons. The summed E-state index contributed by atoms with van der Waals surface area (Å²) < 4.78 is 19.9. The van der Waals surface area contributed by atoms with Crippen molar-refractivity contribution in [1.29, 1.82) is 0 Å². The molecule has 0 spiro atoms. The van der Waals surface area contributed by atoms with Crippen LogP contribution in [0, 0.1) is 5.82 Å². The van der Waals surface area contributed by atoms with Crippen molar-refractivity contribution >= 4 is 11.6 Å². The van der Waals surface area contributed by atoms with Gasteiger partial charge in [-0.15, -0.1) is 0 Å². The van der Waals surface area contributed by atoms with Gasteiger partial charge < -0.3 is 4.74 Å². The van der Waals surface area contributed by atoms with Gasteiger partial charge in [-0.05, 0) is 55.8 Å². The molecule has 1 aliphatic heterocycles. The van der Waals surface area contributed by atoms with Crippen molar-refractivity contribution < 1.29 is 13.9 Å². The van der Waals surface area contributed by atoms with E-state index in [1.807, 2.05) is 31.3 Å². The summed E-state index contributed by atoms with van der Waals surface area (Å²) in [6.45, 7) is 0.287. The highest BCUT2D eigenvalue weighted by Crippen LogP contribution is 2.34. The first-order chi connectivity index (χ1) is 15.1. The van der Waals surface area contributed by atoms with Crippen LogP contribution < -0.4 is 4.74 Å². The summed E-state index contributed by atoms with van der Waals surface area (Å²) in [6, 6.07) is 14.3. The van der Waals surface area contributed by atoms with Gasteiger partial charge in [-0.1, -0.05) is 37.5 Å². The quantitative estimate of drug-likeness (QED) is 0.672. The van der Waals surface area contributed by atoms with E-state index in [1.54, 1.807) is 25.3 Å². The number of rotatable bonds is 6. The standard InChI is InChI=1S/C25H30FN3O2/c1-28(19-8-4-3-5-9-19)17-25(30)29-24(21-10-6-7-11-22(21)26)16-23(27-29)18-12-14-20(31-2)15-13-18/h6-7,10-15,19,24H,3-5,8-9,16-17H2,1-2H3/t24-/m0/s1. The molecule has 0 radical (unpaired) electrons. The Kier molecular flexibility index (Phi) is 6.66. The maximum Gasteiger partial charge on any atom is 0.257 e. The number of likely N-dealkylation sites (N-methyl/N-ethyl adjacent to an activating group) is 1. The Labute approximate surface area is 183 Å². The van der Waals surface area contributed by atoms with Crippen LogP contribution in [0.25, 0.3) is 0 Å². The van der Waals surface area contributed by atoms with Crippen LogP contribution in [0.3, 0.4) is 0 Å². The lowest BCUT2D eigenvalue weighted by atomic mass is 9.94. The number of halogens is 1. The molecule has 1 amide bonds. The second-order valence-electron chi connectivity index (χ2n) is 8.46. The number of methoxy groups -OCH3 is 1. The van der Waals surface area contributed by atoms with Gasteiger partial charge in [0.15, 0.2) is 0 Å². The Morgan fingerprint density at radius 1 is 1.13 bits per heavy atom. The van der Waals surface area contributed by atoms with E-state index in [0.717, 1.165) is 29.9 Å². The van der Waals surface area contributed by atoms with Crippen LogP contribution in [-0.2, 0) is 4.79 Å². The zero-order valence-electron chi connectivity index (χ0n) is 18.3. The maximum absolute atomic E-state index is 14.6. The minimum absolute atomic E-state index is 0.0927. The summed E-state index contributed by atoms with van der Waals surface area (Å²) in [5, 5.41) is 6.17. The molecule has 2 aromatic carbocycles. The smallest absolute Gasteiger partial charge is 0.257 e. The van der Waals surface area contributed by atoms with E-state index >= 15 is 0 Å². The predicted molar refractivity (Wildman–Crippen MR) is 120 cm³/mol. The van der Waals surface area contributed by atoms with Gasteiger partial charge in [0, 0.05) is 18.0 Å². The average molecular weight is 424 g/mol. The van der Waals surface area contributed by atoms with Crippen molar-refractivity contribution in [3.8, 4) is 5.75 Å². The van der Waals surface area contributed by atoms with Crippen LogP contribution in [0.2, 0.25) is 0 Å². The van der Waals surface area contributed by atoms with Crippen LogP contribution in [0.5, 0.6) is 5.75 Å². The van der Waals surface area contributed by atoms with Gasteiger partial charge in [-0.25, -0.2) is 9.40 Å². The van der Waals surface area contributed by atoms with Crippen molar-refractivity contribution in [2.45, 2.75) is 50.6 Å². The third-order valence-electron chi connectivity index (χ3n) is 6.44. The van der Waals surface area contributed by atoms with Gasteiger partial charge in [-0.2, -0.15) is 5.10 Å². The summed E-state index contributed by atoms with van der Waals surface area (Å²) in [4.78, 5) is 15.4. The molecule has 0 saturated heterocycles. The Bertz CT molecular complexity index is 938. The molecule has 2 aliphatic rings. The number of hydrogen-bond donors (Lipinski definition) is 0. The highest BCUT2D eigenvalue weighted by Gasteiger charge is 2.35. The molecule has 6 heteroatoms. The number of ether oxygens (including phenoxy) is 1. The number of amides is 1. The first-order valence-electron chi connectivity index (χ1n) is 11.1. The first-order valence-corrected chi connectivity index (χ1v) is 11.1. The number of hydrogen-bond acceptors (Lipinski definition) is 4. The zero-order chi connectivity index (χ0) is 21.8. The summed E-state index contributed by atoms with van der Waals surface area (Å²) in [5.41, 5.74) is 2.20. The Hall–Kier alpha value is -2.73. The van der Waals surface area contributed by atoms with E-state index in [9.17, 15) is 9.18 Å². The fourth-order valence-electron chi connectivity index (χ4n) is 4.62. The Balaban J connectivity index is 1.58. The molecule has 0 unspecified atom stereocenters. The molecule has 0 bridgehead atoms. The lowest BCUT2D eigenvalue weighted by Crippen LogP contribution is -2.42. The minimum Gasteiger partial charge on any atom is -0.497 e. The van der Waals surface area contributed by atoms with E-state index in [-0.39, 0.29) is 18.3 Å². The van der Waals surface area contributed by atoms with Crippen molar-refractivity contribution in [3.63, 3.8) is 0 Å². The van der Waals surface area contributed by atoms with E-state index in [2.05, 4.69) is 10.0 Å². The number of benzene rings is 2. The Morgan fingerprint density at radius 3 is 2.52 bits per heavy atom. The van der Waals surface area contributed by atoms with Gasteiger partial charge in [-0.3, -0.25) is 9.69 Å². The van der Waals surface area contributed by atoms with Gasteiger partial charge in [0.05, 0.1) is 25.4 Å². The summed E-state index contributed by atoms with van der Waals surface area (Å²) in [6.07, 6.45) is 6.43. The molecule has 0 aromatic heterocycles. The van der Waals surface area contributed by atoms with Crippen molar-refractivity contribution in [3.05, 3.63) is 65.5 Å². The third-order valence-corrected chi connectivity index (χ3v) is 6.44. The van der Waals surface area contributed by atoms with Crippen LogP contribution >= 0.6 is 0 Å². The van der Waals surface area contributed by atoms with Gasteiger partial charge in [0.1, 0.15) is 11.6 Å². The highest BCUT2D eigenvalue weighted by molar-refractivity contribution is 6.03. The lowest BCUT2D eigenvalue weighted by molar-refractivity contribution is -0.134. The first kappa shape index (κ1) is 21.5. The van der Waals surface area contributed by atoms with Crippen molar-refractivity contribution in [2.75, 3.05) is 20.7 Å². The van der Waals surface area contributed by atoms with Crippen molar-refractivity contribution in [2.24, 2.45) is 5.10 Å². The molecule has 1 atom stereocenters. The molecule has 1 aliphatic carbocycles. The van der Waals surface area contributed by atoms with E-state index in [1.165, 1.54) is 30.3 Å². The topological polar surface area (TPSA) is 45.1 Å². The molecule has 1 fully saturated rings. The van der Waals surface area contributed by atoms with E-state index in [4.69, 9.17) is 4.74 Å². The molecule has 4 rings (SSSR count). The SMILES string of the molecule is COc1ccc(C2=NN(C(=O)CN(C)C3CCCCC3)[C@H](c3ccccc3F)C2)cc1. The minimum atomic E-state index is -0.439. The number of hydrazone groups is 1. The summed E-state index contributed by atoms with van der Waals surface area (Å²) >= 11 is 0. The van der Waals surface area contributed by atoms with Crippen molar-refractivity contribution in [1.82, 2.24) is 9.91 Å². The molecule has 5 nitrogen and oxygen atoms in total. The maximum atomic E-state index is 14.6. The lowest BCUT2D eigenvalue weighted by Gasteiger charge is -2.32. The van der Waals surface area contributed by atoms with Gasteiger partial charge >= 0.3 is 0 Å². The monoisotopic (exact) mass is 423 g/mol. The second-order valence-corrected chi connectivity index (χ2v) is 8.46. The fourth-order valence-corrected chi connectivity index (χ4v) is 4.62. The Morgan fingerprint density at radius 2 is 1.84 bits per heavy atom. The predicted octanol–water partition coefficient (Wildman–Crippen LogP) is 4.78. The molecule has 1 saturated carbocycles. The van der Waals surface area contributed by atoms with Crippen LogP contribution in [0.1, 0.15) is 55.7 Å². The fraction of sp³-hybridized carbons (Fsp3) is 0.440. The number of carbonyl (C=O) groups is 1. The normalized spacial score (nSPS) is 19.5. The molecular weight excluding hydrogens is 393 g/mol. The van der Waals surface area contributed by atoms with E-state index in [0.29, 0.717) is 18.0 Å². The second kappa shape index (κ2) is 9.60. The molecule has 31 heavy (non-hydrogen) atoms. The largest absolute Gasteiger partial charge is 0.497 e. The highest BCUT2D eigenvalue weighted by atomic mass is 19.1. The van der Waals surface area contributed by atoms with E-state index < -0.39 is 6.04 Å². The molecule has 1 heterocycles. The van der Waals surface area contributed by atoms with Crippen LogP contribution in [-0.4, -0.2) is 48.3 Å². The summed E-state index contributed by atoms with van der Waals surface area (Å²) in [5.74, 6) is 0.358. The molecular formula is C25H30FN3O2. The average Bonchev–Trinajstić information content (AvgIpc) is 3.25. The third kappa shape index (κ3) is 4.79. The number of nitrogens with zero attached hydrogens (tertiary/aromatic N) is 3. The van der Waals surface area contributed by atoms with Crippen LogP contribution in [0.4, 0.5) is 4.39 Å². The summed E-state index contributed by atoms with van der Waals surface area (Å²) in [7, 11) is 3.63.